The molecule has 7 nitrogen and oxygen atoms in total. The van der Waals surface area contributed by atoms with Crippen LogP contribution < -0.4 is 9.64 Å². The maximum Gasteiger partial charge on any atom is 0.264 e. The van der Waals surface area contributed by atoms with Crippen molar-refractivity contribution in [2.45, 2.75) is 39.8 Å². The van der Waals surface area contributed by atoms with Crippen molar-refractivity contribution in [2.24, 2.45) is 0 Å². The third-order valence-corrected chi connectivity index (χ3v) is 5.00. The summed E-state index contributed by atoms with van der Waals surface area (Å²) in [6.45, 7) is 6.60. The molecule has 0 spiro atoms. The van der Waals surface area contributed by atoms with Crippen LogP contribution in [-0.2, 0) is 13.0 Å². The maximum atomic E-state index is 5.75. The van der Waals surface area contributed by atoms with Gasteiger partial charge in [0, 0.05) is 18.7 Å². The van der Waals surface area contributed by atoms with Gasteiger partial charge in [0.25, 0.3) is 5.89 Å². The second-order valence-corrected chi connectivity index (χ2v) is 7.29. The van der Waals surface area contributed by atoms with E-state index in [1.54, 1.807) is 0 Å². The second-order valence-electron chi connectivity index (χ2n) is 7.29. The second kappa shape index (κ2) is 7.95. The van der Waals surface area contributed by atoms with Crippen LogP contribution in [0.1, 0.15) is 32.2 Å². The van der Waals surface area contributed by atoms with Gasteiger partial charge in [0.2, 0.25) is 11.8 Å². The zero-order valence-electron chi connectivity index (χ0n) is 17.1. The molecule has 0 saturated carbocycles. The first-order chi connectivity index (χ1) is 14.0. The van der Waals surface area contributed by atoms with Gasteiger partial charge in [0.1, 0.15) is 5.75 Å². The number of nitrogens with zero attached hydrogens (tertiary/aromatic N) is 4. The molecular weight excluding hydrogens is 366 g/mol. The van der Waals surface area contributed by atoms with Crippen LogP contribution in [0.4, 0.5) is 5.95 Å². The van der Waals surface area contributed by atoms with Crippen molar-refractivity contribution < 1.29 is 9.26 Å². The van der Waals surface area contributed by atoms with Crippen molar-refractivity contribution >= 4 is 17.0 Å². The van der Waals surface area contributed by atoms with Gasteiger partial charge < -0.3 is 19.1 Å². The first-order valence-electron chi connectivity index (χ1n) is 9.80. The minimum Gasteiger partial charge on any atom is -0.484 e. The van der Waals surface area contributed by atoms with Crippen LogP contribution in [0.3, 0.4) is 0 Å². The lowest BCUT2D eigenvalue weighted by Crippen LogP contribution is -2.26. The van der Waals surface area contributed by atoms with Crippen LogP contribution in [0.5, 0.6) is 5.75 Å². The first-order valence-corrected chi connectivity index (χ1v) is 9.80. The van der Waals surface area contributed by atoms with E-state index in [-0.39, 0.29) is 6.61 Å². The van der Waals surface area contributed by atoms with Crippen molar-refractivity contribution in [3.05, 3.63) is 53.9 Å². The minimum atomic E-state index is 0.230. The summed E-state index contributed by atoms with van der Waals surface area (Å²) in [6, 6.07) is 14.3. The Kier molecular flexibility index (Phi) is 5.20. The molecule has 2 aromatic heterocycles. The van der Waals surface area contributed by atoms with E-state index >= 15 is 0 Å². The molecule has 0 aliphatic heterocycles. The quantitative estimate of drug-likeness (QED) is 0.496. The Hall–Kier alpha value is -3.35. The molecule has 150 valence electrons. The van der Waals surface area contributed by atoms with Crippen molar-refractivity contribution in [1.82, 2.24) is 20.1 Å². The average Bonchev–Trinajstić information content (AvgIpc) is 3.38. The molecule has 4 rings (SSSR count). The SMILES string of the molecule is CCc1ccc(OCc2nc(-c3ccc4nc(N(C)C(C)C)[nH]c4c3)no2)cc1. The van der Waals surface area contributed by atoms with Crippen LogP contribution in [0.2, 0.25) is 0 Å². The number of aromatic nitrogens is 4. The molecule has 29 heavy (non-hydrogen) atoms. The molecular formula is C22H25N5O2. The fourth-order valence-electron chi connectivity index (χ4n) is 2.94. The molecule has 0 bridgehead atoms. The fraction of sp³-hybridized carbons (Fsp3) is 0.318. The molecule has 4 aromatic rings. The number of benzene rings is 2. The van der Waals surface area contributed by atoms with Crippen LogP contribution in [0, 0.1) is 0 Å². The van der Waals surface area contributed by atoms with Crippen LogP contribution in [-0.4, -0.2) is 33.2 Å². The number of hydrogen-bond acceptors (Lipinski definition) is 6. The zero-order valence-corrected chi connectivity index (χ0v) is 17.1. The van der Waals surface area contributed by atoms with Crippen molar-refractivity contribution in [2.75, 3.05) is 11.9 Å². The number of rotatable bonds is 7. The van der Waals surface area contributed by atoms with Gasteiger partial charge in [-0.1, -0.05) is 24.2 Å². The first kappa shape index (κ1) is 19.0. The van der Waals surface area contributed by atoms with Gasteiger partial charge in [-0.25, -0.2) is 4.98 Å². The summed E-state index contributed by atoms with van der Waals surface area (Å²) in [5.74, 6) is 2.58. The summed E-state index contributed by atoms with van der Waals surface area (Å²) in [5, 5.41) is 4.09. The Balaban J connectivity index is 1.48. The molecule has 0 saturated heterocycles. The molecule has 0 radical (unpaired) electrons. The predicted octanol–water partition coefficient (Wildman–Crippen LogP) is 4.60. The van der Waals surface area contributed by atoms with Crippen molar-refractivity contribution in [3.63, 3.8) is 0 Å². The molecule has 1 N–H and O–H groups in total. The highest BCUT2D eigenvalue weighted by Crippen LogP contribution is 2.24. The summed E-state index contributed by atoms with van der Waals surface area (Å²) in [7, 11) is 2.02. The summed E-state index contributed by atoms with van der Waals surface area (Å²) in [4.78, 5) is 14.5. The summed E-state index contributed by atoms with van der Waals surface area (Å²) in [5.41, 5.74) is 3.97. The van der Waals surface area contributed by atoms with Gasteiger partial charge in [0.05, 0.1) is 11.0 Å². The molecule has 0 unspecified atom stereocenters. The molecule has 7 heteroatoms. The lowest BCUT2D eigenvalue weighted by molar-refractivity contribution is 0.243. The number of ether oxygens (including phenoxy) is 1. The van der Waals surface area contributed by atoms with E-state index in [2.05, 4.69) is 57.9 Å². The summed E-state index contributed by atoms with van der Waals surface area (Å²) < 4.78 is 11.1. The van der Waals surface area contributed by atoms with Gasteiger partial charge >= 0.3 is 0 Å². The molecule has 2 aromatic carbocycles. The number of fused-ring (bicyclic) bond motifs is 1. The van der Waals surface area contributed by atoms with Crippen LogP contribution >= 0.6 is 0 Å². The number of aryl methyl sites for hydroxylation is 1. The van der Waals surface area contributed by atoms with E-state index in [4.69, 9.17) is 9.26 Å². The summed E-state index contributed by atoms with van der Waals surface area (Å²) >= 11 is 0. The molecule has 0 aliphatic carbocycles. The Morgan fingerprint density at radius 1 is 1.10 bits per heavy atom. The Bertz CT molecular complexity index is 1100. The van der Waals surface area contributed by atoms with Crippen molar-refractivity contribution in [3.8, 4) is 17.1 Å². The molecule has 0 aliphatic rings. The molecule has 0 amide bonds. The lowest BCUT2D eigenvalue weighted by atomic mass is 10.2. The molecule has 0 atom stereocenters. The topological polar surface area (TPSA) is 80.1 Å². The van der Waals surface area contributed by atoms with Crippen molar-refractivity contribution in [1.29, 1.82) is 0 Å². The number of H-pyrrole nitrogens is 1. The van der Waals surface area contributed by atoms with Gasteiger partial charge in [0.15, 0.2) is 6.61 Å². The number of imidazole rings is 1. The average molecular weight is 391 g/mol. The van der Waals surface area contributed by atoms with Crippen LogP contribution in [0.15, 0.2) is 47.0 Å². The largest absolute Gasteiger partial charge is 0.484 e. The Labute approximate surface area is 169 Å². The van der Waals surface area contributed by atoms with Crippen LogP contribution in [0.25, 0.3) is 22.4 Å². The number of nitrogens with one attached hydrogen (secondary N) is 1. The lowest BCUT2D eigenvalue weighted by Gasteiger charge is -2.19. The van der Waals surface area contributed by atoms with Gasteiger partial charge in [-0.15, -0.1) is 0 Å². The van der Waals surface area contributed by atoms with E-state index in [9.17, 15) is 0 Å². The van der Waals surface area contributed by atoms with E-state index in [1.807, 2.05) is 37.4 Å². The smallest absolute Gasteiger partial charge is 0.264 e. The zero-order chi connectivity index (χ0) is 20.4. The van der Waals surface area contributed by atoms with Gasteiger partial charge in [-0.2, -0.15) is 4.98 Å². The molecule has 0 fully saturated rings. The van der Waals surface area contributed by atoms with E-state index < -0.39 is 0 Å². The maximum absolute atomic E-state index is 5.75. The van der Waals surface area contributed by atoms with Gasteiger partial charge in [-0.3, -0.25) is 0 Å². The van der Waals surface area contributed by atoms with E-state index in [1.165, 1.54) is 5.56 Å². The van der Waals surface area contributed by atoms with E-state index in [0.29, 0.717) is 17.8 Å². The molecule has 2 heterocycles. The highest BCUT2D eigenvalue weighted by atomic mass is 16.5. The monoisotopic (exact) mass is 391 g/mol. The Morgan fingerprint density at radius 2 is 1.90 bits per heavy atom. The minimum absolute atomic E-state index is 0.230. The highest BCUT2D eigenvalue weighted by Gasteiger charge is 2.13. The standard InChI is InChI=1S/C22H25N5O2/c1-5-15-6-9-17(10-7-15)28-13-20-25-21(26-29-20)16-8-11-18-19(12-16)24-22(23-18)27(4)14(2)3/h6-12,14H,5,13H2,1-4H3,(H,23,24). The van der Waals surface area contributed by atoms with E-state index in [0.717, 1.165) is 34.7 Å². The number of anilines is 1. The normalized spacial score (nSPS) is 11.3. The van der Waals surface area contributed by atoms with Gasteiger partial charge in [-0.05, 0) is 56.2 Å². The number of hydrogen-bond donors (Lipinski definition) is 1. The third kappa shape index (κ3) is 4.08. The third-order valence-electron chi connectivity index (χ3n) is 5.00. The summed E-state index contributed by atoms with van der Waals surface area (Å²) in [6.07, 6.45) is 1.00. The Morgan fingerprint density at radius 3 is 2.62 bits per heavy atom. The highest BCUT2D eigenvalue weighted by molar-refractivity contribution is 5.82. The predicted molar refractivity (Wildman–Crippen MR) is 113 cm³/mol. The number of aromatic amines is 1. The fourth-order valence-corrected chi connectivity index (χ4v) is 2.94.